The number of aromatic nitrogens is 3. The van der Waals surface area contributed by atoms with Crippen LogP contribution in [-0.2, 0) is 10.2 Å². The van der Waals surface area contributed by atoms with Crippen LogP contribution >= 0.6 is 0 Å². The minimum Gasteiger partial charge on any atom is -0.424 e. The number of carbonyl (C=O) groups is 1. The smallest absolute Gasteiger partial charge is 0.424 e. The van der Waals surface area contributed by atoms with Crippen LogP contribution in [0.5, 0.6) is 0 Å². The molecule has 0 aliphatic heterocycles. The lowest BCUT2D eigenvalue weighted by Crippen LogP contribution is -2.76. The van der Waals surface area contributed by atoms with Crippen molar-refractivity contribution in [1.82, 2.24) is 20.5 Å². The number of alkyl halides is 3. The number of nitrogens with zero attached hydrogens (tertiary/aromatic N) is 3. The summed E-state index contributed by atoms with van der Waals surface area (Å²) in [5.41, 5.74) is 0.608. The minimum absolute atomic E-state index is 0.205. The molecule has 0 spiro atoms. The number of halogens is 3. The quantitative estimate of drug-likeness (QED) is 0.640. The van der Waals surface area contributed by atoms with E-state index in [1.807, 2.05) is 30.3 Å². The Balaban J connectivity index is 1.06. The third kappa shape index (κ3) is 3.16. The molecule has 0 unspecified atom stereocenters. The molecule has 1 aromatic carbocycles. The number of nitrogens with one attached hydrogen (secondary N) is 1. The van der Waals surface area contributed by atoms with Gasteiger partial charge in [0.25, 0.3) is 5.91 Å². The van der Waals surface area contributed by atoms with E-state index in [0.29, 0.717) is 36.7 Å². The zero-order valence-electron chi connectivity index (χ0n) is 16.9. The number of fused-ring (bicyclic) bond motifs is 1. The lowest BCUT2D eigenvalue weighted by molar-refractivity contribution is -0.352. The second kappa shape index (κ2) is 6.50. The van der Waals surface area contributed by atoms with Gasteiger partial charge >= 0.3 is 6.36 Å². The van der Waals surface area contributed by atoms with Gasteiger partial charge in [0.05, 0.1) is 17.0 Å². The van der Waals surface area contributed by atoms with Crippen molar-refractivity contribution in [2.45, 2.75) is 61.4 Å². The summed E-state index contributed by atoms with van der Waals surface area (Å²) in [4.78, 5) is 17.2. The summed E-state index contributed by atoms with van der Waals surface area (Å²) >= 11 is 0. The highest BCUT2D eigenvalue weighted by atomic mass is 19.4. The molecule has 32 heavy (non-hydrogen) atoms. The second-order valence-corrected chi connectivity index (χ2v) is 9.23. The van der Waals surface area contributed by atoms with Gasteiger partial charge < -0.3 is 9.73 Å². The number of rotatable bonds is 5. The van der Waals surface area contributed by atoms with E-state index in [0.717, 1.165) is 10.9 Å². The Kier molecular flexibility index (Phi) is 4.00. The van der Waals surface area contributed by atoms with E-state index >= 15 is 0 Å². The van der Waals surface area contributed by atoms with Crippen molar-refractivity contribution in [2.24, 2.45) is 0 Å². The van der Waals surface area contributed by atoms with Gasteiger partial charge in [0, 0.05) is 16.8 Å². The van der Waals surface area contributed by atoms with Gasteiger partial charge in [-0.15, -0.1) is 23.4 Å². The SMILES string of the molecule is O=C(NC12CC(c3nnc(C4CC(OC(F)(F)F)C4)o3)(C1)C2)c1ccc2ccccc2n1. The van der Waals surface area contributed by atoms with E-state index < -0.39 is 12.5 Å². The molecule has 2 heterocycles. The summed E-state index contributed by atoms with van der Waals surface area (Å²) in [5.74, 6) is 0.460. The lowest BCUT2D eigenvalue weighted by atomic mass is 9.39. The van der Waals surface area contributed by atoms with Gasteiger partial charge in [0.15, 0.2) is 0 Å². The highest BCUT2D eigenvalue weighted by Gasteiger charge is 2.72. The van der Waals surface area contributed by atoms with Crippen LogP contribution in [0.3, 0.4) is 0 Å². The predicted molar refractivity (Wildman–Crippen MR) is 105 cm³/mol. The molecule has 0 radical (unpaired) electrons. The topological polar surface area (TPSA) is 90.1 Å². The molecule has 2 bridgehead atoms. The zero-order valence-corrected chi connectivity index (χ0v) is 16.9. The number of carbonyl (C=O) groups excluding carboxylic acids is 1. The van der Waals surface area contributed by atoms with Gasteiger partial charge in [0.1, 0.15) is 5.69 Å². The summed E-state index contributed by atoms with van der Waals surface area (Å²) in [5, 5.41) is 12.3. The maximum Gasteiger partial charge on any atom is 0.522 e. The summed E-state index contributed by atoms with van der Waals surface area (Å²) in [6.45, 7) is 0. The first kappa shape index (κ1) is 19.7. The van der Waals surface area contributed by atoms with Crippen LogP contribution in [0.25, 0.3) is 10.9 Å². The molecular formula is C22H19F3N4O3. The first-order valence-corrected chi connectivity index (χ1v) is 10.5. The largest absolute Gasteiger partial charge is 0.522 e. The number of hydrogen-bond donors (Lipinski definition) is 1. The summed E-state index contributed by atoms with van der Waals surface area (Å²) in [7, 11) is 0. The fourth-order valence-corrected chi connectivity index (χ4v) is 5.31. The molecule has 4 fully saturated rings. The Labute approximate surface area is 180 Å². The minimum atomic E-state index is -4.62. The van der Waals surface area contributed by atoms with Gasteiger partial charge in [-0.2, -0.15) is 0 Å². The number of ether oxygens (including phenoxy) is 1. The first-order chi connectivity index (χ1) is 15.2. The maximum atomic E-state index is 12.7. The van der Waals surface area contributed by atoms with E-state index in [1.54, 1.807) is 6.07 Å². The molecule has 4 aliphatic carbocycles. The number of benzene rings is 1. The fourth-order valence-electron chi connectivity index (χ4n) is 5.31. The number of hydrogen-bond acceptors (Lipinski definition) is 6. The van der Waals surface area contributed by atoms with Crippen LogP contribution < -0.4 is 5.32 Å². The first-order valence-electron chi connectivity index (χ1n) is 10.5. The van der Waals surface area contributed by atoms with E-state index in [9.17, 15) is 18.0 Å². The Bertz CT molecular complexity index is 1200. The standard InChI is InChI=1S/C22H19F3N4O3/c23-22(24,25)32-14-7-13(8-14)18-28-29-19(31-18)20-9-21(10-20,11-20)27-17(30)16-6-5-12-3-1-2-4-15(12)26-16/h1-6,13-14H,7-11H2,(H,27,30). The number of amides is 1. The van der Waals surface area contributed by atoms with Crippen LogP contribution in [-0.4, -0.2) is 39.1 Å². The van der Waals surface area contributed by atoms with Crippen molar-refractivity contribution in [1.29, 1.82) is 0 Å². The van der Waals surface area contributed by atoms with Crippen molar-refractivity contribution in [2.75, 3.05) is 0 Å². The van der Waals surface area contributed by atoms with Gasteiger partial charge in [0.2, 0.25) is 11.8 Å². The second-order valence-electron chi connectivity index (χ2n) is 9.23. The molecule has 3 aromatic rings. The molecule has 0 saturated heterocycles. The Morgan fingerprint density at radius 1 is 1.09 bits per heavy atom. The molecule has 4 saturated carbocycles. The van der Waals surface area contributed by atoms with E-state index in [2.05, 4.69) is 25.2 Å². The van der Waals surface area contributed by atoms with Crippen LogP contribution in [0.15, 0.2) is 40.8 Å². The third-order valence-electron chi connectivity index (χ3n) is 6.88. The van der Waals surface area contributed by atoms with E-state index in [-0.39, 0.29) is 35.6 Å². The molecule has 7 rings (SSSR count). The molecule has 166 valence electrons. The zero-order chi connectivity index (χ0) is 22.1. The van der Waals surface area contributed by atoms with Crippen molar-refractivity contribution in [3.05, 3.63) is 53.9 Å². The van der Waals surface area contributed by atoms with Crippen molar-refractivity contribution >= 4 is 16.8 Å². The number of pyridine rings is 1. The lowest BCUT2D eigenvalue weighted by Gasteiger charge is -2.68. The molecular weight excluding hydrogens is 425 g/mol. The predicted octanol–water partition coefficient (Wildman–Crippen LogP) is 4.00. The molecule has 0 atom stereocenters. The molecule has 1 N–H and O–H groups in total. The maximum absolute atomic E-state index is 12.7. The average Bonchev–Trinajstić information content (AvgIpc) is 3.14. The summed E-state index contributed by atoms with van der Waals surface area (Å²) in [6.07, 6.45) is -2.95. The van der Waals surface area contributed by atoms with Gasteiger partial charge in [-0.3, -0.25) is 9.53 Å². The summed E-state index contributed by atoms with van der Waals surface area (Å²) in [6, 6.07) is 11.2. The Morgan fingerprint density at radius 3 is 2.59 bits per heavy atom. The van der Waals surface area contributed by atoms with Gasteiger partial charge in [-0.1, -0.05) is 24.3 Å². The Hall–Kier alpha value is -3.01. The Morgan fingerprint density at radius 2 is 1.84 bits per heavy atom. The van der Waals surface area contributed by atoms with Crippen LogP contribution in [0, 0.1) is 0 Å². The highest BCUT2D eigenvalue weighted by Crippen LogP contribution is 2.67. The third-order valence-corrected chi connectivity index (χ3v) is 6.88. The number of para-hydroxylation sites is 1. The van der Waals surface area contributed by atoms with Crippen LogP contribution in [0.4, 0.5) is 13.2 Å². The molecule has 1 amide bonds. The average molecular weight is 444 g/mol. The summed E-state index contributed by atoms with van der Waals surface area (Å²) < 4.78 is 46.6. The fraction of sp³-hybridized carbons (Fsp3) is 0.455. The van der Waals surface area contributed by atoms with Crippen molar-refractivity contribution < 1.29 is 27.1 Å². The highest BCUT2D eigenvalue weighted by molar-refractivity contribution is 5.95. The molecule has 4 aliphatic rings. The van der Waals surface area contributed by atoms with E-state index in [4.69, 9.17) is 4.42 Å². The van der Waals surface area contributed by atoms with E-state index in [1.165, 1.54) is 0 Å². The van der Waals surface area contributed by atoms with Gasteiger partial charge in [-0.25, -0.2) is 4.98 Å². The van der Waals surface area contributed by atoms with Crippen LogP contribution in [0.1, 0.15) is 60.3 Å². The van der Waals surface area contributed by atoms with Crippen molar-refractivity contribution in [3.63, 3.8) is 0 Å². The normalized spacial score (nSPS) is 30.8. The molecule has 7 nitrogen and oxygen atoms in total. The monoisotopic (exact) mass is 444 g/mol. The van der Waals surface area contributed by atoms with Gasteiger partial charge in [-0.05, 0) is 44.2 Å². The molecule has 10 heteroatoms. The van der Waals surface area contributed by atoms with Crippen LogP contribution in [0.2, 0.25) is 0 Å². The van der Waals surface area contributed by atoms with Crippen molar-refractivity contribution in [3.8, 4) is 0 Å². The molecule has 2 aromatic heterocycles.